The van der Waals surface area contributed by atoms with Crippen LogP contribution in [-0.4, -0.2) is 16.0 Å². The van der Waals surface area contributed by atoms with Gasteiger partial charge in [-0.3, -0.25) is 10.1 Å². The van der Waals surface area contributed by atoms with Crippen molar-refractivity contribution in [2.45, 2.75) is 0 Å². The van der Waals surface area contributed by atoms with Crippen LogP contribution >= 0.6 is 11.3 Å². The Morgan fingerprint density at radius 2 is 2.19 bits per heavy atom. The summed E-state index contributed by atoms with van der Waals surface area (Å²) in [5.41, 5.74) is 5.59. The zero-order chi connectivity index (χ0) is 11.9. The molecule has 2 rings (SSSR count). The van der Waals surface area contributed by atoms with Gasteiger partial charge in [-0.15, -0.1) is 11.3 Å². The average molecular weight is 238 g/mol. The number of nitro benzene ring substituents is 1. The van der Waals surface area contributed by atoms with Gasteiger partial charge >= 0.3 is 5.97 Å². The van der Waals surface area contributed by atoms with E-state index in [2.05, 4.69) is 0 Å². The van der Waals surface area contributed by atoms with E-state index in [-0.39, 0.29) is 16.3 Å². The third-order valence-corrected chi connectivity index (χ3v) is 3.29. The number of anilines is 1. The van der Waals surface area contributed by atoms with Gasteiger partial charge in [-0.1, -0.05) is 0 Å². The fourth-order valence-corrected chi connectivity index (χ4v) is 2.32. The molecule has 1 heterocycles. The fraction of sp³-hybridized carbons (Fsp3) is 0. The van der Waals surface area contributed by atoms with Crippen molar-refractivity contribution in [1.82, 2.24) is 0 Å². The van der Waals surface area contributed by atoms with Crippen LogP contribution in [0.1, 0.15) is 9.67 Å². The number of carboxylic acid groups (broad SMARTS) is 1. The summed E-state index contributed by atoms with van der Waals surface area (Å²) in [6.45, 7) is 0. The molecule has 0 unspecified atom stereocenters. The van der Waals surface area contributed by atoms with Gasteiger partial charge in [-0.05, 0) is 6.07 Å². The minimum Gasteiger partial charge on any atom is -0.477 e. The molecule has 0 radical (unpaired) electrons. The second-order valence-corrected chi connectivity index (χ2v) is 4.14. The molecule has 2 aromatic rings. The predicted molar refractivity (Wildman–Crippen MR) is 59.9 cm³/mol. The van der Waals surface area contributed by atoms with Crippen molar-refractivity contribution in [3.63, 3.8) is 0 Å². The van der Waals surface area contributed by atoms with Gasteiger partial charge in [0.1, 0.15) is 4.88 Å². The van der Waals surface area contributed by atoms with Gasteiger partial charge < -0.3 is 10.8 Å². The Balaban J connectivity index is 2.73. The number of hydrogen-bond donors (Lipinski definition) is 2. The lowest BCUT2D eigenvalue weighted by Gasteiger charge is -1.93. The number of benzene rings is 1. The molecule has 0 aliphatic heterocycles. The third kappa shape index (κ3) is 1.47. The summed E-state index contributed by atoms with van der Waals surface area (Å²) in [5.74, 6) is -1.12. The molecular weight excluding hydrogens is 232 g/mol. The van der Waals surface area contributed by atoms with E-state index >= 15 is 0 Å². The van der Waals surface area contributed by atoms with E-state index in [0.717, 1.165) is 11.3 Å². The largest absolute Gasteiger partial charge is 0.477 e. The molecular formula is C9H6N2O4S. The van der Waals surface area contributed by atoms with Crippen molar-refractivity contribution in [1.29, 1.82) is 0 Å². The summed E-state index contributed by atoms with van der Waals surface area (Å²) in [4.78, 5) is 20.8. The Bertz CT molecular complexity index is 605. The number of non-ortho nitro benzene ring substituents is 1. The highest BCUT2D eigenvalue weighted by Crippen LogP contribution is 2.35. The number of thiophene rings is 1. The minimum absolute atomic E-state index is 0.00972. The molecule has 3 N–H and O–H groups in total. The minimum atomic E-state index is -1.12. The first-order valence-corrected chi connectivity index (χ1v) is 5.02. The molecule has 0 atom stereocenters. The second-order valence-electron chi connectivity index (χ2n) is 3.09. The molecule has 0 saturated heterocycles. The molecule has 0 bridgehead atoms. The Morgan fingerprint density at radius 3 is 2.75 bits per heavy atom. The first kappa shape index (κ1) is 10.4. The highest BCUT2D eigenvalue weighted by Gasteiger charge is 2.17. The lowest BCUT2D eigenvalue weighted by molar-refractivity contribution is -0.384. The second kappa shape index (κ2) is 3.46. The number of nitrogens with two attached hydrogens (primary N) is 1. The van der Waals surface area contributed by atoms with Gasteiger partial charge in [0.2, 0.25) is 0 Å². The smallest absolute Gasteiger partial charge is 0.348 e. The zero-order valence-corrected chi connectivity index (χ0v) is 8.65. The maximum absolute atomic E-state index is 10.8. The van der Waals surface area contributed by atoms with Crippen LogP contribution in [0, 0.1) is 10.1 Å². The fourth-order valence-electron chi connectivity index (χ4n) is 1.38. The Kier molecular flexibility index (Phi) is 2.24. The number of carbonyl (C=O) groups is 1. The van der Waals surface area contributed by atoms with Crippen LogP contribution < -0.4 is 5.73 Å². The van der Waals surface area contributed by atoms with E-state index in [1.54, 1.807) is 0 Å². The monoisotopic (exact) mass is 238 g/mol. The summed E-state index contributed by atoms with van der Waals surface area (Å²) in [6, 6.07) is 4.11. The lowest BCUT2D eigenvalue weighted by Crippen LogP contribution is -1.97. The van der Waals surface area contributed by atoms with Crippen LogP contribution in [0.25, 0.3) is 10.1 Å². The van der Waals surface area contributed by atoms with Crippen LogP contribution in [0.3, 0.4) is 0 Å². The van der Waals surface area contributed by atoms with Crippen molar-refractivity contribution in [3.8, 4) is 0 Å². The number of aromatic carboxylic acids is 1. The maximum atomic E-state index is 10.8. The standard InChI is InChI=1S/C9H6N2O4S/c10-7-5-3-4(11(14)15)1-2-6(5)16-8(7)9(12)13/h1-3H,10H2,(H,12,13). The van der Waals surface area contributed by atoms with Gasteiger partial charge in [0.15, 0.2) is 0 Å². The molecule has 0 aliphatic carbocycles. The topological polar surface area (TPSA) is 106 Å². The highest BCUT2D eigenvalue weighted by atomic mass is 32.1. The zero-order valence-electron chi connectivity index (χ0n) is 7.84. The number of hydrogen-bond acceptors (Lipinski definition) is 5. The number of fused-ring (bicyclic) bond motifs is 1. The molecule has 1 aromatic carbocycles. The van der Waals surface area contributed by atoms with Crippen LogP contribution in [0.2, 0.25) is 0 Å². The maximum Gasteiger partial charge on any atom is 0.348 e. The number of carboxylic acids is 1. The number of rotatable bonds is 2. The van der Waals surface area contributed by atoms with Crippen LogP contribution in [0.15, 0.2) is 18.2 Å². The number of nitrogens with zero attached hydrogens (tertiary/aromatic N) is 1. The van der Waals surface area contributed by atoms with E-state index in [1.807, 2.05) is 0 Å². The highest BCUT2D eigenvalue weighted by molar-refractivity contribution is 7.21. The summed E-state index contributed by atoms with van der Waals surface area (Å²) in [7, 11) is 0. The van der Waals surface area contributed by atoms with Crippen molar-refractivity contribution < 1.29 is 14.8 Å². The van der Waals surface area contributed by atoms with E-state index in [1.165, 1.54) is 18.2 Å². The first-order chi connectivity index (χ1) is 7.50. The SMILES string of the molecule is Nc1c(C(=O)O)sc2ccc([N+](=O)[O-])cc12. The quantitative estimate of drug-likeness (QED) is 0.615. The molecule has 6 nitrogen and oxygen atoms in total. The van der Waals surface area contributed by atoms with E-state index in [4.69, 9.17) is 10.8 Å². The molecule has 0 spiro atoms. The van der Waals surface area contributed by atoms with Crippen LogP contribution in [0.5, 0.6) is 0 Å². The van der Waals surface area contributed by atoms with Crippen molar-refractivity contribution >= 4 is 38.8 Å². The lowest BCUT2D eigenvalue weighted by atomic mass is 10.2. The van der Waals surface area contributed by atoms with Crippen molar-refractivity contribution in [3.05, 3.63) is 33.2 Å². The molecule has 0 aliphatic rings. The van der Waals surface area contributed by atoms with Crippen LogP contribution in [-0.2, 0) is 0 Å². The van der Waals surface area contributed by atoms with Gasteiger partial charge in [0, 0.05) is 22.2 Å². The molecule has 0 amide bonds. The predicted octanol–water partition coefficient (Wildman–Crippen LogP) is 2.09. The Morgan fingerprint density at radius 1 is 1.50 bits per heavy atom. The normalized spacial score (nSPS) is 10.5. The Labute approximate surface area is 93.1 Å². The summed E-state index contributed by atoms with van der Waals surface area (Å²) in [5, 5.41) is 19.8. The molecule has 0 fully saturated rings. The Hall–Kier alpha value is -2.15. The van der Waals surface area contributed by atoms with E-state index in [9.17, 15) is 14.9 Å². The molecule has 82 valence electrons. The van der Waals surface area contributed by atoms with Gasteiger partial charge in [0.05, 0.1) is 10.6 Å². The molecule has 16 heavy (non-hydrogen) atoms. The van der Waals surface area contributed by atoms with E-state index < -0.39 is 10.9 Å². The first-order valence-electron chi connectivity index (χ1n) is 4.20. The van der Waals surface area contributed by atoms with Gasteiger partial charge in [-0.2, -0.15) is 0 Å². The van der Waals surface area contributed by atoms with Gasteiger partial charge in [0.25, 0.3) is 5.69 Å². The average Bonchev–Trinajstić information content (AvgIpc) is 2.56. The summed E-state index contributed by atoms with van der Waals surface area (Å²) < 4.78 is 0.625. The molecule has 0 saturated carbocycles. The number of nitrogen functional groups attached to an aromatic ring is 1. The van der Waals surface area contributed by atoms with Crippen molar-refractivity contribution in [2.24, 2.45) is 0 Å². The van der Waals surface area contributed by atoms with Gasteiger partial charge in [-0.25, -0.2) is 4.79 Å². The third-order valence-electron chi connectivity index (χ3n) is 2.12. The summed E-state index contributed by atoms with van der Waals surface area (Å²) >= 11 is 1.01. The summed E-state index contributed by atoms with van der Waals surface area (Å²) in [6.07, 6.45) is 0. The molecule has 7 heteroatoms. The molecule has 1 aromatic heterocycles. The number of nitro groups is 1. The van der Waals surface area contributed by atoms with Crippen LogP contribution in [0.4, 0.5) is 11.4 Å². The van der Waals surface area contributed by atoms with Crippen molar-refractivity contribution in [2.75, 3.05) is 5.73 Å². The van der Waals surface area contributed by atoms with E-state index in [0.29, 0.717) is 10.1 Å².